The van der Waals surface area contributed by atoms with Crippen LogP contribution in [0.2, 0.25) is 0 Å². The molecule has 3 aromatic rings. The molecule has 1 N–H and O–H groups in total. The summed E-state index contributed by atoms with van der Waals surface area (Å²) in [6.07, 6.45) is 0. The quantitative estimate of drug-likeness (QED) is 0.732. The first-order valence-corrected chi connectivity index (χ1v) is 9.98. The highest BCUT2D eigenvalue weighted by atomic mass is 32.1. The van der Waals surface area contributed by atoms with Crippen LogP contribution in [0.5, 0.6) is 5.75 Å². The van der Waals surface area contributed by atoms with Gasteiger partial charge in [-0.2, -0.15) is 0 Å². The SMILES string of the molecule is COc1cccc(NC(=O)CN2CCN(c3cccc4sccc34)CC2)c1. The van der Waals surface area contributed by atoms with E-state index in [0.29, 0.717) is 6.54 Å². The van der Waals surface area contributed by atoms with Crippen LogP contribution >= 0.6 is 11.3 Å². The zero-order valence-corrected chi connectivity index (χ0v) is 16.2. The Morgan fingerprint density at radius 1 is 1.11 bits per heavy atom. The number of methoxy groups -OCH3 is 1. The number of piperazine rings is 1. The Morgan fingerprint density at radius 3 is 2.74 bits per heavy atom. The highest BCUT2D eigenvalue weighted by molar-refractivity contribution is 7.17. The molecular formula is C21H23N3O2S. The van der Waals surface area contributed by atoms with Crippen molar-refractivity contribution < 1.29 is 9.53 Å². The number of carbonyl (C=O) groups excluding carboxylic acids is 1. The predicted molar refractivity (Wildman–Crippen MR) is 112 cm³/mol. The molecule has 0 unspecified atom stereocenters. The van der Waals surface area contributed by atoms with Gasteiger partial charge in [-0.25, -0.2) is 0 Å². The van der Waals surface area contributed by atoms with Gasteiger partial charge in [0.1, 0.15) is 5.75 Å². The summed E-state index contributed by atoms with van der Waals surface area (Å²) in [6, 6.07) is 16.1. The molecular weight excluding hydrogens is 358 g/mol. The lowest BCUT2D eigenvalue weighted by Crippen LogP contribution is -2.48. The van der Waals surface area contributed by atoms with Crippen molar-refractivity contribution in [2.75, 3.05) is 50.1 Å². The van der Waals surface area contributed by atoms with Gasteiger partial charge in [0.2, 0.25) is 5.91 Å². The fourth-order valence-corrected chi connectivity index (χ4v) is 4.31. The average Bonchev–Trinajstić information content (AvgIpc) is 3.17. The van der Waals surface area contributed by atoms with Crippen molar-refractivity contribution in [2.24, 2.45) is 0 Å². The summed E-state index contributed by atoms with van der Waals surface area (Å²) in [5.41, 5.74) is 2.07. The topological polar surface area (TPSA) is 44.8 Å². The minimum absolute atomic E-state index is 0.0108. The molecule has 2 heterocycles. The molecule has 140 valence electrons. The maximum absolute atomic E-state index is 12.4. The van der Waals surface area contributed by atoms with Crippen molar-refractivity contribution >= 4 is 38.7 Å². The fraction of sp³-hybridized carbons (Fsp3) is 0.286. The molecule has 1 aliphatic heterocycles. The van der Waals surface area contributed by atoms with Gasteiger partial charge in [-0.1, -0.05) is 12.1 Å². The van der Waals surface area contributed by atoms with Gasteiger partial charge in [-0.15, -0.1) is 11.3 Å². The molecule has 2 aromatic carbocycles. The van der Waals surface area contributed by atoms with Gasteiger partial charge < -0.3 is 15.0 Å². The molecule has 1 aromatic heterocycles. The molecule has 0 radical (unpaired) electrons. The number of rotatable bonds is 5. The van der Waals surface area contributed by atoms with Crippen molar-refractivity contribution in [1.82, 2.24) is 4.90 Å². The number of nitrogens with zero attached hydrogens (tertiary/aromatic N) is 2. The van der Waals surface area contributed by atoms with E-state index in [1.807, 2.05) is 24.3 Å². The molecule has 5 nitrogen and oxygen atoms in total. The molecule has 4 rings (SSSR count). The number of nitrogens with one attached hydrogen (secondary N) is 1. The Morgan fingerprint density at radius 2 is 1.93 bits per heavy atom. The van der Waals surface area contributed by atoms with E-state index in [4.69, 9.17) is 4.74 Å². The monoisotopic (exact) mass is 381 g/mol. The third-order valence-electron chi connectivity index (χ3n) is 4.91. The average molecular weight is 382 g/mol. The summed E-state index contributed by atoms with van der Waals surface area (Å²) in [4.78, 5) is 17.0. The van der Waals surface area contributed by atoms with Crippen LogP contribution in [0.1, 0.15) is 0 Å². The molecule has 1 amide bonds. The first-order valence-electron chi connectivity index (χ1n) is 9.10. The number of amides is 1. The number of anilines is 2. The Hall–Kier alpha value is -2.57. The maximum atomic E-state index is 12.4. The third kappa shape index (κ3) is 4.07. The van der Waals surface area contributed by atoms with Crippen molar-refractivity contribution in [3.8, 4) is 5.75 Å². The van der Waals surface area contributed by atoms with E-state index in [9.17, 15) is 4.79 Å². The lowest BCUT2D eigenvalue weighted by Gasteiger charge is -2.36. The second-order valence-corrected chi connectivity index (χ2v) is 7.60. The van der Waals surface area contributed by atoms with Crippen LogP contribution in [0.25, 0.3) is 10.1 Å². The van der Waals surface area contributed by atoms with Crippen molar-refractivity contribution in [1.29, 1.82) is 0 Å². The van der Waals surface area contributed by atoms with E-state index >= 15 is 0 Å². The third-order valence-corrected chi connectivity index (χ3v) is 5.79. The molecule has 0 atom stereocenters. The normalized spacial score (nSPS) is 15.1. The fourth-order valence-electron chi connectivity index (χ4n) is 3.51. The van der Waals surface area contributed by atoms with Gasteiger partial charge in [-0.05, 0) is 35.7 Å². The molecule has 6 heteroatoms. The van der Waals surface area contributed by atoms with Crippen LogP contribution in [0.15, 0.2) is 53.9 Å². The number of hydrogen-bond acceptors (Lipinski definition) is 5. The van der Waals surface area contributed by atoms with Crippen LogP contribution in [-0.4, -0.2) is 50.6 Å². The van der Waals surface area contributed by atoms with Gasteiger partial charge in [0.15, 0.2) is 0 Å². The zero-order chi connectivity index (χ0) is 18.6. The second-order valence-electron chi connectivity index (χ2n) is 6.65. The number of benzene rings is 2. The number of ether oxygens (including phenoxy) is 1. The van der Waals surface area contributed by atoms with Crippen LogP contribution < -0.4 is 15.0 Å². The smallest absolute Gasteiger partial charge is 0.238 e. The molecule has 1 fully saturated rings. The zero-order valence-electron chi connectivity index (χ0n) is 15.4. The number of thiophene rings is 1. The Labute approximate surface area is 163 Å². The number of carbonyl (C=O) groups is 1. The Bertz CT molecular complexity index is 932. The van der Waals surface area contributed by atoms with Gasteiger partial charge in [0, 0.05) is 53.7 Å². The molecule has 0 bridgehead atoms. The summed E-state index contributed by atoms with van der Waals surface area (Å²) in [7, 11) is 1.62. The largest absolute Gasteiger partial charge is 0.497 e. The van der Waals surface area contributed by atoms with Gasteiger partial charge >= 0.3 is 0 Å². The number of fused-ring (bicyclic) bond motifs is 1. The van der Waals surface area contributed by atoms with Gasteiger partial charge in [-0.3, -0.25) is 9.69 Å². The summed E-state index contributed by atoms with van der Waals surface area (Å²) in [6.45, 7) is 4.04. The minimum Gasteiger partial charge on any atom is -0.497 e. The van der Waals surface area contributed by atoms with E-state index in [1.165, 1.54) is 15.8 Å². The standard InChI is InChI=1S/C21H23N3O2S/c1-26-17-5-2-4-16(14-17)22-21(25)15-23-9-11-24(12-10-23)19-6-3-7-20-18(19)8-13-27-20/h2-8,13-14H,9-12,15H2,1H3,(H,22,25). The summed E-state index contributed by atoms with van der Waals surface area (Å²) in [5, 5.41) is 6.43. The molecule has 1 saturated heterocycles. The van der Waals surface area contributed by atoms with E-state index < -0.39 is 0 Å². The molecule has 1 aliphatic rings. The first kappa shape index (κ1) is 17.8. The Balaban J connectivity index is 1.32. The highest BCUT2D eigenvalue weighted by Gasteiger charge is 2.20. The van der Waals surface area contributed by atoms with E-state index in [2.05, 4.69) is 44.8 Å². The Kier molecular flexibility index (Phi) is 5.27. The molecule has 0 spiro atoms. The minimum atomic E-state index is 0.0108. The lowest BCUT2D eigenvalue weighted by molar-refractivity contribution is -0.117. The van der Waals surface area contributed by atoms with Crippen molar-refractivity contribution in [3.05, 3.63) is 53.9 Å². The van der Waals surface area contributed by atoms with E-state index in [-0.39, 0.29) is 5.91 Å². The molecule has 0 aliphatic carbocycles. The predicted octanol–water partition coefficient (Wildman–Crippen LogP) is 3.67. The molecule has 0 saturated carbocycles. The van der Waals surface area contributed by atoms with Gasteiger partial charge in [0.25, 0.3) is 0 Å². The molecule has 27 heavy (non-hydrogen) atoms. The summed E-state index contributed by atoms with van der Waals surface area (Å²) >= 11 is 1.78. The number of hydrogen-bond donors (Lipinski definition) is 1. The second kappa shape index (κ2) is 7.98. The van der Waals surface area contributed by atoms with E-state index in [1.54, 1.807) is 18.4 Å². The van der Waals surface area contributed by atoms with E-state index in [0.717, 1.165) is 37.6 Å². The highest BCUT2D eigenvalue weighted by Crippen LogP contribution is 2.31. The summed E-state index contributed by atoms with van der Waals surface area (Å²) in [5.74, 6) is 0.751. The van der Waals surface area contributed by atoms with Crippen LogP contribution in [0, 0.1) is 0 Å². The van der Waals surface area contributed by atoms with Crippen molar-refractivity contribution in [2.45, 2.75) is 0 Å². The van der Waals surface area contributed by atoms with Crippen LogP contribution in [0.4, 0.5) is 11.4 Å². The van der Waals surface area contributed by atoms with Crippen LogP contribution in [-0.2, 0) is 4.79 Å². The van der Waals surface area contributed by atoms with Gasteiger partial charge in [0.05, 0.1) is 13.7 Å². The maximum Gasteiger partial charge on any atom is 0.238 e. The lowest BCUT2D eigenvalue weighted by atomic mass is 10.2. The van der Waals surface area contributed by atoms with Crippen LogP contribution in [0.3, 0.4) is 0 Å². The first-order chi connectivity index (χ1) is 13.2. The van der Waals surface area contributed by atoms with Crippen molar-refractivity contribution in [3.63, 3.8) is 0 Å². The summed E-state index contributed by atoms with van der Waals surface area (Å²) < 4.78 is 6.52.